The smallest absolute Gasteiger partial charge is 0.345 e. The largest absolute Gasteiger partial charge is 0.433 e. The van der Waals surface area contributed by atoms with Gasteiger partial charge in [0, 0.05) is 30.4 Å². The molecule has 0 aliphatic heterocycles. The number of rotatable bonds is 3. The van der Waals surface area contributed by atoms with Crippen molar-refractivity contribution >= 4 is 22.7 Å². The lowest BCUT2D eigenvalue weighted by Gasteiger charge is -2.18. The number of halogens is 6. The van der Waals surface area contributed by atoms with Crippen LogP contribution in [0.1, 0.15) is 16.8 Å². The first kappa shape index (κ1) is 22.0. The summed E-state index contributed by atoms with van der Waals surface area (Å²) in [5, 5.41) is 9.55. The number of hydrogen-bond acceptors (Lipinski definition) is 6. The molecule has 4 aromatic rings. The van der Waals surface area contributed by atoms with E-state index in [4.69, 9.17) is 0 Å². The predicted molar refractivity (Wildman–Crippen MR) is 104 cm³/mol. The average molecular weight is 463 g/mol. The third-order valence-electron chi connectivity index (χ3n) is 4.74. The Morgan fingerprint density at radius 1 is 0.970 bits per heavy atom. The summed E-state index contributed by atoms with van der Waals surface area (Å²) in [5.74, 6) is -0.0140. The molecule has 0 saturated heterocycles. The second-order valence-electron chi connectivity index (χ2n) is 6.82. The minimum atomic E-state index is -4.62. The van der Waals surface area contributed by atoms with Crippen LogP contribution < -0.4 is 4.90 Å². The zero-order valence-corrected chi connectivity index (χ0v) is 16.5. The summed E-state index contributed by atoms with van der Waals surface area (Å²) >= 11 is 0. The highest BCUT2D eigenvalue weighted by Crippen LogP contribution is 2.35. The minimum absolute atomic E-state index is 0.0140. The summed E-state index contributed by atoms with van der Waals surface area (Å²) in [6, 6.07) is 4.74. The molecule has 0 bridgehead atoms. The SMILES string of the molecule is CN(c1ccc(C(F)(F)F)nc1)c1ncc(C#N)c(-c2c[nH]c3ncc(C(F)(F)F)cc23)n1. The highest BCUT2D eigenvalue weighted by Gasteiger charge is 2.33. The van der Waals surface area contributed by atoms with Crippen LogP contribution in [-0.2, 0) is 12.4 Å². The van der Waals surface area contributed by atoms with Crippen molar-refractivity contribution in [3.63, 3.8) is 0 Å². The monoisotopic (exact) mass is 463 g/mol. The molecule has 0 aliphatic carbocycles. The van der Waals surface area contributed by atoms with E-state index in [2.05, 4.69) is 24.9 Å². The van der Waals surface area contributed by atoms with Gasteiger partial charge in [-0.05, 0) is 18.2 Å². The van der Waals surface area contributed by atoms with Crippen LogP contribution in [0.5, 0.6) is 0 Å². The van der Waals surface area contributed by atoms with Crippen LogP contribution >= 0.6 is 0 Å². The molecule has 13 heteroatoms. The third kappa shape index (κ3) is 4.14. The Morgan fingerprint density at radius 3 is 2.33 bits per heavy atom. The van der Waals surface area contributed by atoms with Crippen LogP contribution in [0.15, 0.2) is 43.0 Å². The summed E-state index contributed by atoms with van der Waals surface area (Å²) in [4.78, 5) is 19.5. The van der Waals surface area contributed by atoms with Crippen molar-refractivity contribution < 1.29 is 26.3 Å². The van der Waals surface area contributed by atoms with Crippen molar-refractivity contribution in [1.29, 1.82) is 5.26 Å². The van der Waals surface area contributed by atoms with E-state index >= 15 is 0 Å². The average Bonchev–Trinajstić information content (AvgIpc) is 3.20. The van der Waals surface area contributed by atoms with E-state index in [0.717, 1.165) is 18.3 Å². The van der Waals surface area contributed by atoms with Crippen molar-refractivity contribution in [2.45, 2.75) is 12.4 Å². The first-order valence-corrected chi connectivity index (χ1v) is 9.08. The van der Waals surface area contributed by atoms with Crippen LogP contribution in [0.2, 0.25) is 0 Å². The topological polar surface area (TPSA) is 94.4 Å². The van der Waals surface area contributed by atoms with Crippen LogP contribution in [0, 0.1) is 11.3 Å². The van der Waals surface area contributed by atoms with Crippen molar-refractivity contribution in [3.8, 4) is 17.3 Å². The molecule has 0 aromatic carbocycles. The summed E-state index contributed by atoms with van der Waals surface area (Å²) in [5.41, 5.74) is -1.48. The first-order valence-electron chi connectivity index (χ1n) is 9.08. The number of nitriles is 1. The normalized spacial score (nSPS) is 12.1. The van der Waals surface area contributed by atoms with Gasteiger partial charge in [-0.3, -0.25) is 0 Å². The van der Waals surface area contributed by atoms with Gasteiger partial charge in [0.05, 0.1) is 34.9 Å². The molecule has 0 atom stereocenters. The number of H-pyrrole nitrogens is 1. The number of aromatic amines is 1. The van der Waals surface area contributed by atoms with Crippen molar-refractivity contribution in [2.75, 3.05) is 11.9 Å². The Morgan fingerprint density at radius 2 is 1.73 bits per heavy atom. The van der Waals surface area contributed by atoms with E-state index in [-0.39, 0.29) is 39.5 Å². The molecule has 0 fully saturated rings. The number of pyridine rings is 2. The Hall–Kier alpha value is -4.21. The van der Waals surface area contributed by atoms with Gasteiger partial charge in [0.15, 0.2) is 0 Å². The Labute approximate surface area is 181 Å². The van der Waals surface area contributed by atoms with E-state index in [0.29, 0.717) is 6.20 Å². The lowest BCUT2D eigenvalue weighted by molar-refractivity contribution is -0.141. The van der Waals surface area contributed by atoms with Crippen LogP contribution in [-0.4, -0.2) is 32.0 Å². The van der Waals surface area contributed by atoms with E-state index in [1.54, 1.807) is 0 Å². The fraction of sp³-hybridized carbons (Fsp3) is 0.150. The Kier molecular flexibility index (Phi) is 5.15. The van der Waals surface area contributed by atoms with E-state index in [1.807, 2.05) is 6.07 Å². The van der Waals surface area contributed by atoms with Crippen LogP contribution in [0.3, 0.4) is 0 Å². The molecule has 4 aromatic heterocycles. The maximum absolute atomic E-state index is 13.2. The Balaban J connectivity index is 1.79. The summed E-state index contributed by atoms with van der Waals surface area (Å²) in [6.07, 6.45) is -5.02. The number of nitrogens with one attached hydrogen (secondary N) is 1. The fourth-order valence-electron chi connectivity index (χ4n) is 3.04. The molecule has 4 rings (SSSR count). The molecule has 0 unspecified atom stereocenters. The molecule has 0 spiro atoms. The highest BCUT2D eigenvalue weighted by atomic mass is 19.4. The van der Waals surface area contributed by atoms with Crippen LogP contribution in [0.25, 0.3) is 22.3 Å². The van der Waals surface area contributed by atoms with Gasteiger partial charge < -0.3 is 9.88 Å². The van der Waals surface area contributed by atoms with Gasteiger partial charge in [0.2, 0.25) is 5.95 Å². The molecular formula is C20H11F6N7. The molecule has 168 valence electrons. The number of aromatic nitrogens is 5. The number of nitrogens with zero attached hydrogens (tertiary/aromatic N) is 6. The molecule has 0 saturated carbocycles. The summed E-state index contributed by atoms with van der Waals surface area (Å²) in [6.45, 7) is 0. The second kappa shape index (κ2) is 7.73. The molecule has 4 heterocycles. The van der Waals surface area contributed by atoms with Crippen molar-refractivity contribution in [1.82, 2.24) is 24.9 Å². The van der Waals surface area contributed by atoms with Crippen molar-refractivity contribution in [2.24, 2.45) is 0 Å². The van der Waals surface area contributed by atoms with Crippen LogP contribution in [0.4, 0.5) is 38.0 Å². The van der Waals surface area contributed by atoms with Gasteiger partial charge in [-0.25, -0.2) is 19.9 Å². The van der Waals surface area contributed by atoms with Crippen molar-refractivity contribution in [3.05, 3.63) is 59.8 Å². The minimum Gasteiger partial charge on any atom is -0.345 e. The lowest BCUT2D eigenvalue weighted by Crippen LogP contribution is -2.15. The van der Waals surface area contributed by atoms with E-state index in [1.165, 1.54) is 30.4 Å². The third-order valence-corrected chi connectivity index (χ3v) is 4.74. The van der Waals surface area contributed by atoms with Gasteiger partial charge >= 0.3 is 12.4 Å². The van der Waals surface area contributed by atoms with Gasteiger partial charge in [-0.15, -0.1) is 0 Å². The first-order chi connectivity index (χ1) is 15.5. The Bertz CT molecular complexity index is 1370. The van der Waals surface area contributed by atoms with E-state index < -0.39 is 23.6 Å². The summed E-state index contributed by atoms with van der Waals surface area (Å²) < 4.78 is 77.7. The summed E-state index contributed by atoms with van der Waals surface area (Å²) in [7, 11) is 1.47. The molecule has 1 N–H and O–H groups in total. The standard InChI is InChI=1S/C20H11F6N7/c1-33(12-2-3-15(28-8-12)20(24,25)26)18-31-6-10(5-27)16(32-18)14-9-30-17-13(14)4-11(7-29-17)19(21,22)23/h2-4,6-9H,1H3,(H,29,30). The highest BCUT2D eigenvalue weighted by molar-refractivity contribution is 5.94. The predicted octanol–water partition coefficient (Wildman–Crippen LogP) is 5.09. The number of anilines is 2. The number of fused-ring (bicyclic) bond motifs is 1. The number of alkyl halides is 6. The van der Waals surface area contributed by atoms with Gasteiger partial charge in [-0.1, -0.05) is 0 Å². The second-order valence-corrected chi connectivity index (χ2v) is 6.82. The molecule has 33 heavy (non-hydrogen) atoms. The quantitative estimate of drug-likeness (QED) is 0.426. The number of hydrogen-bond donors (Lipinski definition) is 1. The molecule has 0 amide bonds. The van der Waals surface area contributed by atoms with E-state index in [9.17, 15) is 31.6 Å². The lowest BCUT2D eigenvalue weighted by atomic mass is 10.1. The fourth-order valence-corrected chi connectivity index (χ4v) is 3.04. The molecule has 0 aliphatic rings. The zero-order valence-electron chi connectivity index (χ0n) is 16.5. The molecule has 0 radical (unpaired) electrons. The zero-order chi connectivity index (χ0) is 24.0. The maximum Gasteiger partial charge on any atom is 0.433 e. The van der Waals surface area contributed by atoms with Gasteiger partial charge in [0.1, 0.15) is 17.4 Å². The van der Waals surface area contributed by atoms with Gasteiger partial charge in [0.25, 0.3) is 0 Å². The maximum atomic E-state index is 13.2. The molecular weight excluding hydrogens is 452 g/mol. The van der Waals surface area contributed by atoms with Gasteiger partial charge in [-0.2, -0.15) is 31.6 Å². The molecule has 7 nitrogen and oxygen atoms in total.